The van der Waals surface area contributed by atoms with Gasteiger partial charge in [0.15, 0.2) is 0 Å². The zero-order valence-electron chi connectivity index (χ0n) is 18.0. The molecule has 176 valence electrons. The van der Waals surface area contributed by atoms with E-state index in [4.69, 9.17) is 4.74 Å². The minimum atomic E-state index is -0.520. The van der Waals surface area contributed by atoms with Crippen molar-refractivity contribution in [3.05, 3.63) is 115 Å². The van der Waals surface area contributed by atoms with Crippen molar-refractivity contribution >= 4 is 40.4 Å². The monoisotopic (exact) mass is 491 g/mol. The van der Waals surface area contributed by atoms with Crippen LogP contribution in [0, 0.1) is 20.2 Å². The van der Waals surface area contributed by atoms with E-state index in [2.05, 4.69) is 0 Å². The summed E-state index contributed by atoms with van der Waals surface area (Å²) in [5.41, 5.74) is 1.82. The van der Waals surface area contributed by atoms with Gasteiger partial charge in [0.1, 0.15) is 12.4 Å². The number of ether oxygens (including phenoxy) is 1. The lowest BCUT2D eigenvalue weighted by molar-refractivity contribution is -0.385. The molecule has 0 N–H and O–H groups in total. The van der Waals surface area contributed by atoms with Gasteiger partial charge in [0.25, 0.3) is 22.5 Å². The lowest BCUT2D eigenvalue weighted by Gasteiger charge is -2.12. The molecule has 3 aromatic rings. The number of carbonyl (C=O) groups is 2. The van der Waals surface area contributed by atoms with Crippen LogP contribution in [-0.2, 0) is 17.9 Å². The molecule has 10 nitrogen and oxygen atoms in total. The van der Waals surface area contributed by atoms with E-state index in [9.17, 15) is 29.8 Å². The highest BCUT2D eigenvalue weighted by Crippen LogP contribution is 2.35. The number of rotatable bonds is 8. The van der Waals surface area contributed by atoms with Gasteiger partial charge in [-0.1, -0.05) is 30.3 Å². The van der Waals surface area contributed by atoms with E-state index >= 15 is 0 Å². The zero-order chi connectivity index (χ0) is 24.9. The first-order chi connectivity index (χ1) is 16.8. The van der Waals surface area contributed by atoms with Gasteiger partial charge in [0.2, 0.25) is 0 Å². The molecule has 2 amide bonds. The van der Waals surface area contributed by atoms with Crippen LogP contribution in [-0.4, -0.2) is 25.9 Å². The Kier molecular flexibility index (Phi) is 6.88. The van der Waals surface area contributed by atoms with Crippen LogP contribution in [0.15, 0.2) is 77.7 Å². The molecule has 11 heteroatoms. The number of para-hydroxylation sites is 1. The number of carbonyl (C=O) groups excluding carboxylic acids is 2. The number of hydrogen-bond donors (Lipinski definition) is 0. The average molecular weight is 491 g/mol. The highest BCUT2D eigenvalue weighted by atomic mass is 32.2. The molecule has 3 aromatic carbocycles. The summed E-state index contributed by atoms with van der Waals surface area (Å²) in [5, 5.41) is 21.2. The van der Waals surface area contributed by atoms with E-state index in [-0.39, 0.29) is 29.4 Å². The van der Waals surface area contributed by atoms with Crippen LogP contribution in [0.1, 0.15) is 16.7 Å². The molecule has 0 atom stereocenters. The number of thioether (sulfide) groups is 1. The number of nitro benzene ring substituents is 2. The normalized spacial score (nSPS) is 14.4. The molecule has 0 unspecified atom stereocenters. The van der Waals surface area contributed by atoms with Crippen LogP contribution in [0.5, 0.6) is 5.75 Å². The van der Waals surface area contributed by atoms with E-state index in [1.165, 1.54) is 36.4 Å². The Bertz CT molecular complexity index is 1340. The van der Waals surface area contributed by atoms with Crippen molar-refractivity contribution in [2.45, 2.75) is 13.2 Å². The van der Waals surface area contributed by atoms with Crippen molar-refractivity contribution in [3.8, 4) is 5.75 Å². The number of imide groups is 1. The van der Waals surface area contributed by atoms with Gasteiger partial charge in [-0.2, -0.15) is 0 Å². The van der Waals surface area contributed by atoms with Gasteiger partial charge in [-0.15, -0.1) is 0 Å². The lowest BCUT2D eigenvalue weighted by Crippen LogP contribution is -2.27. The Labute approximate surface area is 203 Å². The number of amides is 2. The third-order valence-electron chi connectivity index (χ3n) is 5.11. The van der Waals surface area contributed by atoms with Crippen LogP contribution >= 0.6 is 11.8 Å². The van der Waals surface area contributed by atoms with Crippen LogP contribution in [0.4, 0.5) is 16.2 Å². The minimum absolute atomic E-state index is 0.00169. The van der Waals surface area contributed by atoms with Crippen molar-refractivity contribution in [1.82, 2.24) is 4.90 Å². The maximum atomic E-state index is 12.9. The lowest BCUT2D eigenvalue weighted by atomic mass is 10.1. The average Bonchev–Trinajstić information content (AvgIpc) is 3.11. The van der Waals surface area contributed by atoms with E-state index in [0.29, 0.717) is 16.9 Å². The Hall–Kier alpha value is -4.51. The molecule has 0 aliphatic carbocycles. The molecule has 0 bridgehead atoms. The highest BCUT2D eigenvalue weighted by molar-refractivity contribution is 8.18. The zero-order valence-corrected chi connectivity index (χ0v) is 18.8. The maximum Gasteiger partial charge on any atom is 0.293 e. The first kappa shape index (κ1) is 23.6. The topological polar surface area (TPSA) is 133 Å². The van der Waals surface area contributed by atoms with Crippen molar-refractivity contribution < 1.29 is 24.2 Å². The van der Waals surface area contributed by atoms with Crippen molar-refractivity contribution in [2.24, 2.45) is 0 Å². The fourth-order valence-electron chi connectivity index (χ4n) is 3.29. The van der Waals surface area contributed by atoms with E-state index in [0.717, 1.165) is 22.2 Å². The Morgan fingerprint density at radius 1 is 0.829 bits per heavy atom. The molecule has 0 aromatic heterocycles. The predicted molar refractivity (Wildman–Crippen MR) is 128 cm³/mol. The van der Waals surface area contributed by atoms with E-state index in [1.807, 2.05) is 0 Å². The molecule has 0 radical (unpaired) electrons. The van der Waals surface area contributed by atoms with Crippen molar-refractivity contribution in [3.63, 3.8) is 0 Å². The van der Waals surface area contributed by atoms with E-state index < -0.39 is 21.0 Å². The van der Waals surface area contributed by atoms with Crippen LogP contribution in [0.25, 0.3) is 6.08 Å². The molecule has 4 rings (SSSR count). The molecular formula is C24H17N3O7S. The Balaban J connectivity index is 1.47. The number of hydrogen-bond acceptors (Lipinski definition) is 8. The number of non-ortho nitro benzene ring substituents is 2. The SMILES string of the molecule is O=C1S/C(=C/c2ccccc2OCc2ccc([N+](=O)[O-])cc2)C(=O)N1Cc1ccc([N+](=O)[O-])cc1. The second-order valence-electron chi connectivity index (χ2n) is 7.44. The second-order valence-corrected chi connectivity index (χ2v) is 8.43. The van der Waals surface area contributed by atoms with Gasteiger partial charge in [-0.25, -0.2) is 0 Å². The van der Waals surface area contributed by atoms with Crippen molar-refractivity contribution in [2.75, 3.05) is 0 Å². The number of benzene rings is 3. The molecule has 1 saturated heterocycles. The summed E-state index contributed by atoms with van der Waals surface area (Å²) in [5.74, 6) is 0.0107. The molecule has 1 fully saturated rings. The number of nitro groups is 2. The summed E-state index contributed by atoms with van der Waals surface area (Å²) in [6, 6.07) is 18.7. The summed E-state index contributed by atoms with van der Waals surface area (Å²) in [4.78, 5) is 47.3. The second kappa shape index (κ2) is 10.2. The van der Waals surface area contributed by atoms with Crippen LogP contribution in [0.2, 0.25) is 0 Å². The Morgan fingerprint density at radius 3 is 2.00 bits per heavy atom. The molecule has 0 spiro atoms. The molecule has 1 aliphatic heterocycles. The maximum absolute atomic E-state index is 12.9. The van der Waals surface area contributed by atoms with Gasteiger partial charge in [-0.05, 0) is 47.2 Å². The smallest absolute Gasteiger partial charge is 0.293 e. The fraction of sp³-hybridized carbons (Fsp3) is 0.0833. The van der Waals surface area contributed by atoms with Crippen LogP contribution < -0.4 is 4.74 Å². The third kappa shape index (κ3) is 5.53. The quantitative estimate of drug-likeness (QED) is 0.235. The molecule has 35 heavy (non-hydrogen) atoms. The van der Waals surface area contributed by atoms with Gasteiger partial charge in [0.05, 0.1) is 21.3 Å². The largest absolute Gasteiger partial charge is 0.488 e. The van der Waals surface area contributed by atoms with Gasteiger partial charge < -0.3 is 4.74 Å². The van der Waals surface area contributed by atoms with Gasteiger partial charge >= 0.3 is 0 Å². The van der Waals surface area contributed by atoms with Crippen LogP contribution in [0.3, 0.4) is 0 Å². The first-order valence-corrected chi connectivity index (χ1v) is 11.1. The first-order valence-electron chi connectivity index (χ1n) is 10.3. The number of nitrogens with zero attached hydrogens (tertiary/aromatic N) is 3. The fourth-order valence-corrected chi connectivity index (χ4v) is 4.12. The molecule has 1 aliphatic rings. The Morgan fingerprint density at radius 2 is 1.40 bits per heavy atom. The summed E-state index contributed by atoms with van der Waals surface area (Å²) in [6.45, 7) is 0.156. The van der Waals surface area contributed by atoms with Crippen molar-refractivity contribution in [1.29, 1.82) is 0 Å². The summed E-state index contributed by atoms with van der Waals surface area (Å²) in [7, 11) is 0. The summed E-state index contributed by atoms with van der Waals surface area (Å²) in [6.07, 6.45) is 1.58. The minimum Gasteiger partial charge on any atom is -0.488 e. The highest BCUT2D eigenvalue weighted by Gasteiger charge is 2.35. The predicted octanol–water partition coefficient (Wildman–Crippen LogP) is 5.32. The molecular weight excluding hydrogens is 474 g/mol. The van der Waals surface area contributed by atoms with Gasteiger partial charge in [-0.3, -0.25) is 34.7 Å². The van der Waals surface area contributed by atoms with Gasteiger partial charge in [0, 0.05) is 29.8 Å². The molecule has 1 heterocycles. The van der Waals surface area contributed by atoms with E-state index in [1.54, 1.807) is 42.5 Å². The molecule has 0 saturated carbocycles. The standard InChI is InChI=1S/C24H17N3O7S/c28-23-22(35-24(29)25(23)14-16-5-9-19(10-6-16)26(30)31)13-18-3-1-2-4-21(18)34-15-17-7-11-20(12-8-17)27(32)33/h1-13H,14-15H2/b22-13+. The third-order valence-corrected chi connectivity index (χ3v) is 6.02. The summed E-state index contributed by atoms with van der Waals surface area (Å²) >= 11 is 0.802. The summed E-state index contributed by atoms with van der Waals surface area (Å²) < 4.78 is 5.86.